The number of ether oxygens (including phenoxy) is 1. The van der Waals surface area contributed by atoms with Crippen LogP contribution in [0.15, 0.2) is 53.5 Å². The van der Waals surface area contributed by atoms with Crippen molar-refractivity contribution >= 4 is 39.3 Å². The molecule has 0 N–H and O–H groups in total. The fraction of sp³-hybridized carbons (Fsp3) is 0.407. The minimum absolute atomic E-state index is 0.0115. The third kappa shape index (κ3) is 5.37. The van der Waals surface area contributed by atoms with Gasteiger partial charge in [-0.2, -0.15) is 4.99 Å². The first-order chi connectivity index (χ1) is 16.9. The molecule has 2 heterocycles. The van der Waals surface area contributed by atoms with Gasteiger partial charge in [-0.05, 0) is 57.4 Å². The van der Waals surface area contributed by atoms with Crippen LogP contribution in [0.2, 0.25) is 0 Å². The fourth-order valence-electron chi connectivity index (χ4n) is 4.49. The van der Waals surface area contributed by atoms with Crippen LogP contribution in [-0.4, -0.2) is 46.9 Å². The van der Waals surface area contributed by atoms with E-state index in [0.29, 0.717) is 49.3 Å². The Balaban J connectivity index is 1.66. The van der Waals surface area contributed by atoms with Crippen LogP contribution in [0.4, 0.5) is 0 Å². The molecule has 1 aliphatic heterocycles. The molecule has 0 aliphatic carbocycles. The predicted molar refractivity (Wildman–Crippen MR) is 136 cm³/mol. The van der Waals surface area contributed by atoms with Crippen molar-refractivity contribution in [2.75, 3.05) is 19.7 Å². The Labute approximate surface area is 209 Å². The van der Waals surface area contributed by atoms with Crippen molar-refractivity contribution in [3.63, 3.8) is 0 Å². The van der Waals surface area contributed by atoms with E-state index in [1.165, 1.54) is 11.3 Å². The zero-order valence-electron chi connectivity index (χ0n) is 20.4. The molecule has 0 bridgehead atoms. The number of likely N-dealkylation sites (tertiary alicyclic amines) is 1. The van der Waals surface area contributed by atoms with Crippen LogP contribution >= 0.6 is 11.3 Å². The number of esters is 1. The molecular formula is C27H31N3O4S. The standard InChI is InChI=1S/C27H31N3O4S/c1-4-21(25(32)29-16-14-20(15-17-29)26(33)34-5-2)30-22-8-6-7-9-23(22)35-27(30)28-24(31)19-12-10-18(3)11-13-19/h6-13,20-21H,4-5,14-17H2,1-3H3. The zero-order chi connectivity index (χ0) is 24.9. The number of amides is 2. The SMILES string of the molecule is CCOC(=O)C1CCN(C(=O)C(CC)n2c(=NC(=O)c3ccc(C)cc3)sc3ccccc32)CC1. The van der Waals surface area contributed by atoms with Crippen molar-refractivity contribution in [1.82, 2.24) is 9.47 Å². The monoisotopic (exact) mass is 493 g/mol. The average Bonchev–Trinajstić information content (AvgIpc) is 3.22. The summed E-state index contributed by atoms with van der Waals surface area (Å²) in [6.07, 6.45) is 1.75. The van der Waals surface area contributed by atoms with Gasteiger partial charge in [0.15, 0.2) is 4.80 Å². The molecule has 2 aromatic carbocycles. The summed E-state index contributed by atoms with van der Waals surface area (Å²) in [6, 6.07) is 14.6. The summed E-state index contributed by atoms with van der Waals surface area (Å²) in [5.74, 6) is -0.683. The summed E-state index contributed by atoms with van der Waals surface area (Å²) >= 11 is 1.41. The number of benzene rings is 2. The Morgan fingerprint density at radius 3 is 2.40 bits per heavy atom. The molecule has 2 amide bonds. The number of hydrogen-bond donors (Lipinski definition) is 0. The summed E-state index contributed by atoms with van der Waals surface area (Å²) in [5.41, 5.74) is 2.47. The quantitative estimate of drug-likeness (QED) is 0.474. The number of para-hydroxylation sites is 1. The molecule has 1 unspecified atom stereocenters. The fourth-order valence-corrected chi connectivity index (χ4v) is 5.56. The largest absolute Gasteiger partial charge is 0.466 e. The van der Waals surface area contributed by atoms with Gasteiger partial charge >= 0.3 is 5.97 Å². The number of carbonyl (C=O) groups is 3. The Kier molecular flexibility index (Phi) is 7.80. The van der Waals surface area contributed by atoms with Crippen LogP contribution in [0.1, 0.15) is 55.1 Å². The normalized spacial score (nSPS) is 15.9. The molecular weight excluding hydrogens is 462 g/mol. The predicted octanol–water partition coefficient (Wildman–Crippen LogP) is 4.51. The number of carbonyl (C=O) groups excluding carboxylic acids is 3. The Morgan fingerprint density at radius 1 is 1.06 bits per heavy atom. The van der Waals surface area contributed by atoms with E-state index >= 15 is 0 Å². The minimum Gasteiger partial charge on any atom is -0.466 e. The van der Waals surface area contributed by atoms with Crippen molar-refractivity contribution in [3.8, 4) is 0 Å². The first-order valence-electron chi connectivity index (χ1n) is 12.1. The van der Waals surface area contributed by atoms with Gasteiger partial charge in [-0.3, -0.25) is 14.4 Å². The molecule has 184 valence electrons. The molecule has 0 saturated carbocycles. The van der Waals surface area contributed by atoms with Gasteiger partial charge in [-0.15, -0.1) is 0 Å². The number of hydrogen-bond acceptors (Lipinski definition) is 5. The lowest BCUT2D eigenvalue weighted by Gasteiger charge is -2.33. The van der Waals surface area contributed by atoms with Gasteiger partial charge in [0.2, 0.25) is 5.91 Å². The Morgan fingerprint density at radius 2 is 1.74 bits per heavy atom. The second-order valence-electron chi connectivity index (χ2n) is 8.78. The van der Waals surface area contributed by atoms with E-state index < -0.39 is 6.04 Å². The summed E-state index contributed by atoms with van der Waals surface area (Å²) in [4.78, 5) is 45.6. The highest BCUT2D eigenvalue weighted by Gasteiger charge is 2.32. The van der Waals surface area contributed by atoms with Gasteiger partial charge < -0.3 is 14.2 Å². The maximum absolute atomic E-state index is 13.7. The van der Waals surface area contributed by atoms with Gasteiger partial charge in [-0.1, -0.05) is 48.1 Å². The molecule has 1 aliphatic rings. The molecule has 1 aromatic heterocycles. The first-order valence-corrected chi connectivity index (χ1v) is 13.0. The third-order valence-electron chi connectivity index (χ3n) is 6.44. The van der Waals surface area contributed by atoms with Crippen molar-refractivity contribution in [3.05, 3.63) is 64.5 Å². The highest BCUT2D eigenvalue weighted by Crippen LogP contribution is 2.26. The summed E-state index contributed by atoms with van der Waals surface area (Å²) in [5, 5.41) is 0. The molecule has 4 rings (SSSR count). The van der Waals surface area contributed by atoms with E-state index in [9.17, 15) is 14.4 Å². The molecule has 1 atom stereocenters. The number of aryl methyl sites for hydroxylation is 1. The lowest BCUT2D eigenvalue weighted by Crippen LogP contribution is -2.45. The molecule has 1 saturated heterocycles. The van der Waals surface area contributed by atoms with E-state index in [1.54, 1.807) is 19.1 Å². The molecule has 1 fully saturated rings. The maximum Gasteiger partial charge on any atom is 0.309 e. The summed E-state index contributed by atoms with van der Waals surface area (Å²) in [7, 11) is 0. The van der Waals surface area contributed by atoms with Crippen molar-refractivity contribution in [2.24, 2.45) is 10.9 Å². The van der Waals surface area contributed by atoms with E-state index in [-0.39, 0.29) is 23.7 Å². The zero-order valence-corrected chi connectivity index (χ0v) is 21.2. The van der Waals surface area contributed by atoms with Crippen LogP contribution in [0.3, 0.4) is 0 Å². The van der Waals surface area contributed by atoms with Gasteiger partial charge in [-0.25, -0.2) is 0 Å². The Bertz CT molecular complexity index is 1280. The highest BCUT2D eigenvalue weighted by atomic mass is 32.1. The lowest BCUT2D eigenvalue weighted by atomic mass is 9.96. The van der Waals surface area contributed by atoms with Crippen molar-refractivity contribution in [1.29, 1.82) is 0 Å². The lowest BCUT2D eigenvalue weighted by molar-refractivity contribution is -0.151. The van der Waals surface area contributed by atoms with Crippen LogP contribution < -0.4 is 4.80 Å². The number of aromatic nitrogens is 1. The molecule has 0 radical (unpaired) electrons. The van der Waals surface area contributed by atoms with Gasteiger partial charge in [0.1, 0.15) is 6.04 Å². The van der Waals surface area contributed by atoms with Gasteiger partial charge in [0.25, 0.3) is 5.91 Å². The number of fused-ring (bicyclic) bond motifs is 1. The molecule has 7 nitrogen and oxygen atoms in total. The van der Waals surface area contributed by atoms with Crippen molar-refractivity contribution in [2.45, 2.75) is 46.1 Å². The topological polar surface area (TPSA) is 81.0 Å². The van der Waals surface area contributed by atoms with E-state index in [1.807, 2.05) is 59.7 Å². The smallest absolute Gasteiger partial charge is 0.309 e. The van der Waals surface area contributed by atoms with E-state index in [4.69, 9.17) is 4.74 Å². The Hall–Kier alpha value is -3.26. The second-order valence-corrected chi connectivity index (χ2v) is 9.79. The molecule has 0 spiro atoms. The maximum atomic E-state index is 13.7. The summed E-state index contributed by atoms with van der Waals surface area (Å²) < 4.78 is 8.04. The average molecular weight is 494 g/mol. The van der Waals surface area contributed by atoms with Crippen LogP contribution in [0, 0.1) is 12.8 Å². The van der Waals surface area contributed by atoms with Gasteiger partial charge in [0.05, 0.1) is 22.7 Å². The first kappa shape index (κ1) is 24.9. The highest BCUT2D eigenvalue weighted by molar-refractivity contribution is 7.16. The molecule has 35 heavy (non-hydrogen) atoms. The van der Waals surface area contributed by atoms with Crippen LogP contribution in [-0.2, 0) is 14.3 Å². The number of nitrogens with zero attached hydrogens (tertiary/aromatic N) is 3. The molecule has 3 aromatic rings. The van der Waals surface area contributed by atoms with Crippen LogP contribution in [0.5, 0.6) is 0 Å². The number of piperidine rings is 1. The second kappa shape index (κ2) is 11.0. The molecule has 8 heteroatoms. The number of rotatable bonds is 6. The summed E-state index contributed by atoms with van der Waals surface area (Å²) in [6.45, 7) is 7.13. The van der Waals surface area contributed by atoms with Crippen LogP contribution in [0.25, 0.3) is 10.2 Å². The third-order valence-corrected chi connectivity index (χ3v) is 7.47. The number of thiazole rings is 1. The van der Waals surface area contributed by atoms with Crippen molar-refractivity contribution < 1.29 is 19.1 Å². The van der Waals surface area contributed by atoms with E-state index in [2.05, 4.69) is 4.99 Å². The van der Waals surface area contributed by atoms with Gasteiger partial charge in [0, 0.05) is 18.7 Å². The minimum atomic E-state index is -0.491. The van der Waals surface area contributed by atoms with E-state index in [0.717, 1.165) is 15.8 Å².